The lowest BCUT2D eigenvalue weighted by Crippen LogP contribution is -2.45. The SMILES string of the molecule is COC(=O)CCCCC(=O)NCC(=O)NC(C)C(=O)Nc1cc(CCl)cc(COc2cc(/N=C\C3Cc4ccccc4N3C)c(C=O)cc2OC)c1. The van der Waals surface area contributed by atoms with Crippen molar-refractivity contribution in [3.63, 3.8) is 0 Å². The van der Waals surface area contributed by atoms with Gasteiger partial charge in [0, 0.05) is 55.0 Å². The van der Waals surface area contributed by atoms with E-state index in [2.05, 4.69) is 42.7 Å². The summed E-state index contributed by atoms with van der Waals surface area (Å²) in [6.45, 7) is 1.30. The molecule has 52 heavy (non-hydrogen) atoms. The first-order valence-corrected chi connectivity index (χ1v) is 17.4. The van der Waals surface area contributed by atoms with E-state index in [-0.39, 0.29) is 49.8 Å². The Hall–Kier alpha value is -5.43. The predicted octanol–water partition coefficient (Wildman–Crippen LogP) is 4.88. The van der Waals surface area contributed by atoms with E-state index in [4.69, 9.17) is 21.1 Å². The lowest BCUT2D eigenvalue weighted by atomic mass is 10.1. The van der Waals surface area contributed by atoms with Crippen LogP contribution in [0.15, 0.2) is 59.6 Å². The van der Waals surface area contributed by atoms with Crippen LogP contribution >= 0.6 is 11.6 Å². The van der Waals surface area contributed by atoms with E-state index in [1.54, 1.807) is 24.3 Å². The molecule has 1 aliphatic rings. The summed E-state index contributed by atoms with van der Waals surface area (Å²) in [4.78, 5) is 67.4. The molecule has 0 aliphatic carbocycles. The number of para-hydroxylation sites is 1. The second-order valence-electron chi connectivity index (χ2n) is 12.3. The average Bonchev–Trinajstić information content (AvgIpc) is 3.48. The van der Waals surface area contributed by atoms with Crippen molar-refractivity contribution < 1.29 is 38.2 Å². The number of nitrogens with zero attached hydrogens (tertiary/aromatic N) is 2. The van der Waals surface area contributed by atoms with Crippen LogP contribution in [-0.2, 0) is 42.8 Å². The number of carbonyl (C=O) groups excluding carboxylic acids is 5. The zero-order chi connectivity index (χ0) is 37.6. The van der Waals surface area contributed by atoms with Crippen molar-refractivity contribution in [2.45, 2.75) is 63.6 Å². The van der Waals surface area contributed by atoms with Crippen molar-refractivity contribution in [2.24, 2.45) is 4.99 Å². The van der Waals surface area contributed by atoms with Crippen molar-refractivity contribution >= 4 is 64.9 Å². The molecule has 0 fully saturated rings. The van der Waals surface area contributed by atoms with Crippen LogP contribution in [-0.4, -0.2) is 76.1 Å². The number of amides is 3. The molecule has 0 radical (unpaired) electrons. The monoisotopic (exact) mass is 733 g/mol. The number of hydrogen-bond donors (Lipinski definition) is 3. The highest BCUT2D eigenvalue weighted by atomic mass is 35.5. The summed E-state index contributed by atoms with van der Waals surface area (Å²) >= 11 is 6.17. The lowest BCUT2D eigenvalue weighted by Gasteiger charge is -2.19. The number of nitrogens with one attached hydrogen (secondary N) is 3. The van der Waals surface area contributed by atoms with Gasteiger partial charge < -0.3 is 35.1 Å². The Morgan fingerprint density at radius 1 is 1.00 bits per heavy atom. The van der Waals surface area contributed by atoms with Crippen LogP contribution in [0, 0.1) is 0 Å². The van der Waals surface area contributed by atoms with Gasteiger partial charge in [0.25, 0.3) is 0 Å². The molecule has 3 N–H and O–H groups in total. The molecule has 4 rings (SSSR count). The number of ether oxygens (including phenoxy) is 3. The predicted molar refractivity (Wildman–Crippen MR) is 199 cm³/mol. The molecule has 1 heterocycles. The van der Waals surface area contributed by atoms with Crippen molar-refractivity contribution in [1.29, 1.82) is 0 Å². The molecule has 0 bridgehead atoms. The van der Waals surface area contributed by atoms with Gasteiger partial charge in [-0.05, 0) is 67.1 Å². The summed E-state index contributed by atoms with van der Waals surface area (Å²) in [6.07, 6.45) is 4.69. The topological polar surface area (TPSA) is 165 Å². The van der Waals surface area contributed by atoms with Gasteiger partial charge in [0.15, 0.2) is 17.8 Å². The Morgan fingerprint density at radius 3 is 2.46 bits per heavy atom. The Morgan fingerprint density at radius 2 is 1.75 bits per heavy atom. The fourth-order valence-corrected chi connectivity index (χ4v) is 5.77. The molecule has 0 saturated carbocycles. The largest absolute Gasteiger partial charge is 0.493 e. The van der Waals surface area contributed by atoms with Crippen molar-refractivity contribution in [3.8, 4) is 11.5 Å². The third-order valence-corrected chi connectivity index (χ3v) is 8.78. The maximum Gasteiger partial charge on any atom is 0.305 e. The number of anilines is 2. The summed E-state index contributed by atoms with van der Waals surface area (Å²) < 4.78 is 16.2. The lowest BCUT2D eigenvalue weighted by molar-refractivity contribution is -0.140. The smallest absolute Gasteiger partial charge is 0.305 e. The van der Waals surface area contributed by atoms with E-state index in [1.807, 2.05) is 31.5 Å². The van der Waals surface area contributed by atoms with Gasteiger partial charge in [0.2, 0.25) is 17.7 Å². The molecule has 3 aromatic carbocycles. The molecule has 0 saturated heterocycles. The molecule has 2 atom stereocenters. The quantitative estimate of drug-likeness (QED) is 0.0543. The van der Waals surface area contributed by atoms with Crippen LogP contribution in [0.2, 0.25) is 0 Å². The number of halogens is 1. The summed E-state index contributed by atoms with van der Waals surface area (Å²) in [5.41, 5.74) is 5.01. The number of likely N-dealkylation sites (N-methyl/N-ethyl adjacent to an activating group) is 1. The van der Waals surface area contributed by atoms with Crippen molar-refractivity contribution in [1.82, 2.24) is 10.6 Å². The first-order valence-electron chi connectivity index (χ1n) is 16.8. The number of benzene rings is 3. The van der Waals surface area contributed by atoms with E-state index < -0.39 is 17.9 Å². The van der Waals surface area contributed by atoms with Crippen LogP contribution in [0.5, 0.6) is 11.5 Å². The Labute approximate surface area is 308 Å². The molecule has 13 nitrogen and oxygen atoms in total. The number of carbonyl (C=O) groups is 5. The fourth-order valence-electron chi connectivity index (χ4n) is 5.62. The zero-order valence-corrected chi connectivity index (χ0v) is 30.5. The Bertz CT molecular complexity index is 1800. The van der Waals surface area contributed by atoms with Gasteiger partial charge in [0.1, 0.15) is 12.6 Å². The van der Waals surface area contributed by atoms with Gasteiger partial charge in [-0.25, -0.2) is 0 Å². The second-order valence-corrected chi connectivity index (χ2v) is 12.5. The molecule has 2 unspecified atom stereocenters. The van der Waals surface area contributed by atoms with Gasteiger partial charge in [-0.3, -0.25) is 29.0 Å². The molecule has 276 valence electrons. The van der Waals surface area contributed by atoms with Crippen LogP contribution in [0.1, 0.15) is 59.7 Å². The molecular formula is C38H44ClN5O8. The Kier molecular flexibility index (Phi) is 14.6. The van der Waals surface area contributed by atoms with Gasteiger partial charge in [-0.15, -0.1) is 11.6 Å². The first kappa shape index (κ1) is 39.4. The van der Waals surface area contributed by atoms with Crippen LogP contribution < -0.4 is 30.3 Å². The molecular weight excluding hydrogens is 690 g/mol. The van der Waals surface area contributed by atoms with Gasteiger partial charge in [-0.1, -0.05) is 24.3 Å². The normalized spacial score (nSPS) is 13.9. The highest BCUT2D eigenvalue weighted by molar-refractivity contribution is 6.17. The van der Waals surface area contributed by atoms with Crippen molar-refractivity contribution in [2.75, 3.05) is 38.0 Å². The average molecular weight is 734 g/mol. The fraction of sp³-hybridized carbons (Fsp3) is 0.368. The molecule has 14 heteroatoms. The Balaban J connectivity index is 1.35. The molecule has 3 aromatic rings. The summed E-state index contributed by atoms with van der Waals surface area (Å²) in [7, 11) is 4.80. The van der Waals surface area contributed by atoms with E-state index >= 15 is 0 Å². The molecule has 0 spiro atoms. The third kappa shape index (κ3) is 11.0. The summed E-state index contributed by atoms with van der Waals surface area (Å²) in [6, 6.07) is 15.8. The van der Waals surface area contributed by atoms with E-state index in [9.17, 15) is 24.0 Å². The number of methoxy groups -OCH3 is 2. The van der Waals surface area contributed by atoms with Gasteiger partial charge >= 0.3 is 5.97 Å². The zero-order valence-electron chi connectivity index (χ0n) is 29.7. The number of esters is 1. The molecule has 1 aliphatic heterocycles. The van der Waals surface area contributed by atoms with Crippen LogP contribution in [0.3, 0.4) is 0 Å². The first-order chi connectivity index (χ1) is 25.0. The second kappa shape index (κ2) is 19.3. The maximum atomic E-state index is 13.0. The summed E-state index contributed by atoms with van der Waals surface area (Å²) in [5.74, 6) is -0.805. The van der Waals surface area contributed by atoms with Crippen LogP contribution in [0.4, 0.5) is 17.1 Å². The number of fused-ring (bicyclic) bond motifs is 1. The minimum Gasteiger partial charge on any atom is -0.493 e. The summed E-state index contributed by atoms with van der Waals surface area (Å²) in [5, 5.41) is 7.87. The standard InChI is InChI=1S/C38H44ClN5O8/c1-24(42-36(47)21-41-35(46)11-7-8-12-37(48)51-4)38(49)43-29-14-25(19-39)13-26(15-29)23-52-34-18-31(28(22-45)17-33(34)50-3)40-20-30-16-27-9-5-6-10-32(27)44(30)2/h5-6,9-10,13-15,17-18,20,22,24,30H,7-8,11-12,16,19,21,23H2,1-4H3,(H,41,46)(H,42,47)(H,43,49)/b40-20-. The number of rotatable bonds is 18. The van der Waals surface area contributed by atoms with E-state index in [1.165, 1.54) is 26.7 Å². The third-order valence-electron chi connectivity index (χ3n) is 8.47. The van der Waals surface area contributed by atoms with E-state index in [0.29, 0.717) is 46.8 Å². The van der Waals surface area contributed by atoms with Gasteiger partial charge in [-0.2, -0.15) is 0 Å². The van der Waals surface area contributed by atoms with E-state index in [0.717, 1.165) is 24.0 Å². The van der Waals surface area contributed by atoms with Crippen molar-refractivity contribution in [3.05, 3.63) is 76.9 Å². The highest BCUT2D eigenvalue weighted by Gasteiger charge is 2.25. The molecule has 3 amide bonds. The number of unbranched alkanes of at least 4 members (excludes halogenated alkanes) is 1. The van der Waals surface area contributed by atoms with Gasteiger partial charge in [0.05, 0.1) is 32.5 Å². The highest BCUT2D eigenvalue weighted by Crippen LogP contribution is 2.36. The number of aldehydes is 1. The minimum absolute atomic E-state index is 0.0218. The maximum absolute atomic E-state index is 13.0. The number of hydrogen-bond acceptors (Lipinski definition) is 10. The molecule has 0 aromatic heterocycles. The van der Waals surface area contributed by atoms with Crippen LogP contribution in [0.25, 0.3) is 0 Å². The minimum atomic E-state index is -0.915. The number of alkyl halides is 1. The number of aliphatic imine (C=N–C) groups is 1.